The molecule has 0 spiro atoms. The molecule has 1 saturated heterocycles. The highest BCUT2D eigenvalue weighted by Crippen LogP contribution is 2.40. The minimum atomic E-state index is -1.58. The lowest BCUT2D eigenvalue weighted by Gasteiger charge is -2.33. The Morgan fingerprint density at radius 2 is 1.72 bits per heavy atom. The molecule has 0 aromatic heterocycles. The molecule has 0 radical (unpaired) electrons. The normalized spacial score (nSPS) is 17.3. The van der Waals surface area contributed by atoms with Crippen LogP contribution in [0.3, 0.4) is 0 Å². The van der Waals surface area contributed by atoms with Crippen molar-refractivity contribution in [2.24, 2.45) is 0 Å². The maximum atomic E-state index is 13.8. The van der Waals surface area contributed by atoms with Crippen LogP contribution in [0.4, 0.5) is 0 Å². The second-order valence-corrected chi connectivity index (χ2v) is 12.7. The molecule has 1 fully saturated rings. The zero-order valence-electron chi connectivity index (χ0n) is 24.9. The maximum Gasteiger partial charge on any atom is 0.254 e. The zero-order chi connectivity index (χ0) is 31.0. The van der Waals surface area contributed by atoms with Gasteiger partial charge in [0.25, 0.3) is 5.91 Å². The number of rotatable bonds is 11. The van der Waals surface area contributed by atoms with E-state index < -0.39 is 34.7 Å². The van der Waals surface area contributed by atoms with E-state index in [9.17, 15) is 19.5 Å². The lowest BCUT2D eigenvalue weighted by molar-refractivity contribution is -0.147. The number of amides is 3. The topological polar surface area (TPSA) is 108 Å². The molecule has 0 saturated carbocycles. The predicted octanol–water partition coefficient (Wildman–Crippen LogP) is 4.10. The van der Waals surface area contributed by atoms with Crippen LogP contribution in [-0.2, 0) is 27.3 Å². The van der Waals surface area contributed by atoms with Crippen molar-refractivity contribution in [2.45, 2.75) is 56.7 Å². The van der Waals surface area contributed by atoms with Crippen molar-refractivity contribution < 1.29 is 24.2 Å². The van der Waals surface area contributed by atoms with Crippen molar-refractivity contribution in [3.8, 4) is 5.75 Å². The van der Waals surface area contributed by atoms with E-state index in [1.807, 2.05) is 93.6 Å². The van der Waals surface area contributed by atoms with Crippen LogP contribution < -0.4 is 15.4 Å². The van der Waals surface area contributed by atoms with E-state index in [2.05, 4.69) is 10.6 Å². The molecule has 0 aliphatic carbocycles. The SMILES string of the molecule is COc1ccccc1/C=C/C(=O)N[C@@H](Cc1ccccc1)[C@H](O)C(=O)N1CSC(C)(C)[C@H]1C(=O)NCc1ccccc1C. The number of methoxy groups -OCH3 is 1. The largest absolute Gasteiger partial charge is 0.496 e. The summed E-state index contributed by atoms with van der Waals surface area (Å²) < 4.78 is 4.77. The molecule has 3 aromatic carbocycles. The van der Waals surface area contributed by atoms with Gasteiger partial charge in [-0.25, -0.2) is 0 Å². The Morgan fingerprint density at radius 1 is 1.05 bits per heavy atom. The van der Waals surface area contributed by atoms with E-state index in [1.165, 1.54) is 22.7 Å². The average Bonchev–Trinajstić information content (AvgIpc) is 3.33. The second kappa shape index (κ2) is 14.4. The molecule has 1 aliphatic rings. The van der Waals surface area contributed by atoms with Crippen molar-refractivity contribution in [1.82, 2.24) is 15.5 Å². The molecular weight excluding hydrogens is 562 g/mol. The number of aryl methyl sites for hydroxylation is 1. The van der Waals surface area contributed by atoms with Gasteiger partial charge in [-0.15, -0.1) is 11.8 Å². The Balaban J connectivity index is 1.52. The number of carbonyl (C=O) groups excluding carboxylic acids is 3. The van der Waals surface area contributed by atoms with Crippen LogP contribution >= 0.6 is 11.8 Å². The van der Waals surface area contributed by atoms with Gasteiger partial charge in [-0.2, -0.15) is 0 Å². The first-order chi connectivity index (χ1) is 20.6. The second-order valence-electron chi connectivity index (χ2n) is 11.1. The number of thioether (sulfide) groups is 1. The number of nitrogens with zero attached hydrogens (tertiary/aromatic N) is 1. The fourth-order valence-electron chi connectivity index (χ4n) is 5.15. The quantitative estimate of drug-likeness (QED) is 0.286. The van der Waals surface area contributed by atoms with Gasteiger partial charge in [0, 0.05) is 22.9 Å². The number of hydrogen-bond acceptors (Lipinski definition) is 6. The van der Waals surface area contributed by atoms with Gasteiger partial charge in [-0.1, -0.05) is 72.8 Å². The molecule has 1 heterocycles. The highest BCUT2D eigenvalue weighted by Gasteiger charge is 2.49. The molecule has 43 heavy (non-hydrogen) atoms. The van der Waals surface area contributed by atoms with Crippen molar-refractivity contribution >= 4 is 35.6 Å². The molecule has 3 N–H and O–H groups in total. The third-order valence-electron chi connectivity index (χ3n) is 7.61. The van der Waals surface area contributed by atoms with Crippen molar-refractivity contribution in [3.63, 3.8) is 0 Å². The van der Waals surface area contributed by atoms with Crippen LogP contribution in [0.15, 0.2) is 84.9 Å². The summed E-state index contributed by atoms with van der Waals surface area (Å²) in [4.78, 5) is 41.8. The molecular formula is C34H39N3O5S. The number of nitrogens with one attached hydrogen (secondary N) is 2. The molecule has 226 valence electrons. The van der Waals surface area contributed by atoms with E-state index in [1.54, 1.807) is 19.3 Å². The van der Waals surface area contributed by atoms with Gasteiger partial charge in [0.05, 0.1) is 19.0 Å². The Hall–Kier alpha value is -4.08. The molecule has 3 aromatic rings. The minimum Gasteiger partial charge on any atom is -0.496 e. The van der Waals surface area contributed by atoms with E-state index >= 15 is 0 Å². The van der Waals surface area contributed by atoms with Crippen LogP contribution in [0, 0.1) is 6.92 Å². The van der Waals surface area contributed by atoms with Gasteiger partial charge in [-0.3, -0.25) is 14.4 Å². The summed E-state index contributed by atoms with van der Waals surface area (Å²) >= 11 is 1.48. The van der Waals surface area contributed by atoms with E-state index in [0.29, 0.717) is 17.9 Å². The summed E-state index contributed by atoms with van der Waals surface area (Å²) in [6.07, 6.45) is 1.61. The van der Waals surface area contributed by atoms with Gasteiger partial charge in [-0.05, 0) is 56.0 Å². The van der Waals surface area contributed by atoms with Crippen LogP contribution in [0.5, 0.6) is 5.75 Å². The molecule has 8 nitrogen and oxygen atoms in total. The van der Waals surface area contributed by atoms with E-state index in [-0.39, 0.29) is 18.2 Å². The summed E-state index contributed by atoms with van der Waals surface area (Å²) in [5, 5.41) is 17.2. The number of para-hydroxylation sites is 1. The van der Waals surface area contributed by atoms with Gasteiger partial charge < -0.3 is 25.4 Å². The van der Waals surface area contributed by atoms with Crippen LogP contribution in [-0.4, -0.2) is 63.6 Å². The number of ether oxygens (including phenoxy) is 1. The van der Waals surface area contributed by atoms with Crippen molar-refractivity contribution in [3.05, 3.63) is 107 Å². The fourth-order valence-corrected chi connectivity index (χ4v) is 6.29. The lowest BCUT2D eigenvalue weighted by Crippen LogP contribution is -2.58. The first kappa shape index (κ1) is 31.8. The van der Waals surface area contributed by atoms with Crippen LogP contribution in [0.1, 0.15) is 36.1 Å². The molecule has 0 unspecified atom stereocenters. The van der Waals surface area contributed by atoms with Crippen molar-refractivity contribution in [2.75, 3.05) is 13.0 Å². The third kappa shape index (κ3) is 8.06. The minimum absolute atomic E-state index is 0.219. The molecule has 3 amide bonds. The van der Waals surface area contributed by atoms with Crippen LogP contribution in [0.25, 0.3) is 6.08 Å². The maximum absolute atomic E-state index is 13.8. The van der Waals surface area contributed by atoms with Crippen molar-refractivity contribution in [1.29, 1.82) is 0 Å². The number of benzene rings is 3. The van der Waals surface area contributed by atoms with E-state index in [4.69, 9.17) is 4.74 Å². The van der Waals surface area contributed by atoms with Gasteiger partial charge in [0.15, 0.2) is 6.10 Å². The summed E-state index contributed by atoms with van der Waals surface area (Å²) in [5.74, 6) is -0.512. The number of aliphatic hydroxyl groups excluding tert-OH is 1. The number of aliphatic hydroxyl groups is 1. The standard InChI is InChI=1S/C34H39N3O5S/c1-23-12-8-9-16-26(23)21-35-32(40)31-34(2,3)43-22-37(31)33(41)30(39)27(20-24-13-6-5-7-14-24)36-29(38)19-18-25-15-10-11-17-28(25)42-4/h5-19,27,30-31,39H,20-22H2,1-4H3,(H,35,40)(H,36,38)/b19-18+/t27-,30-,31+/m0/s1. The number of hydrogen-bond donors (Lipinski definition) is 3. The molecule has 0 bridgehead atoms. The highest BCUT2D eigenvalue weighted by molar-refractivity contribution is 8.00. The monoisotopic (exact) mass is 601 g/mol. The third-order valence-corrected chi connectivity index (χ3v) is 8.98. The smallest absolute Gasteiger partial charge is 0.254 e. The molecule has 1 aliphatic heterocycles. The summed E-state index contributed by atoms with van der Waals surface area (Å²) in [5.41, 5.74) is 3.61. The first-order valence-electron chi connectivity index (χ1n) is 14.2. The Kier molecular flexibility index (Phi) is 10.7. The number of carbonyl (C=O) groups is 3. The Labute approximate surface area is 257 Å². The zero-order valence-corrected chi connectivity index (χ0v) is 25.8. The van der Waals surface area contributed by atoms with Gasteiger partial charge in [0.2, 0.25) is 11.8 Å². The first-order valence-corrected chi connectivity index (χ1v) is 15.2. The predicted molar refractivity (Wildman–Crippen MR) is 170 cm³/mol. The lowest BCUT2D eigenvalue weighted by atomic mass is 9.97. The Morgan fingerprint density at radius 3 is 2.44 bits per heavy atom. The fraction of sp³-hybridized carbons (Fsp3) is 0.324. The van der Waals surface area contributed by atoms with E-state index in [0.717, 1.165) is 16.7 Å². The summed E-state index contributed by atoms with van der Waals surface area (Å²) in [6.45, 7) is 6.15. The van der Waals surface area contributed by atoms with Gasteiger partial charge in [0.1, 0.15) is 11.8 Å². The highest BCUT2D eigenvalue weighted by atomic mass is 32.2. The molecule has 3 atom stereocenters. The molecule has 9 heteroatoms. The molecule has 4 rings (SSSR count). The van der Waals surface area contributed by atoms with Crippen LogP contribution in [0.2, 0.25) is 0 Å². The Bertz CT molecular complexity index is 1460. The summed E-state index contributed by atoms with van der Waals surface area (Å²) in [7, 11) is 1.55. The van der Waals surface area contributed by atoms with Gasteiger partial charge >= 0.3 is 0 Å². The average molecular weight is 602 g/mol. The summed E-state index contributed by atoms with van der Waals surface area (Å²) in [6, 6.07) is 22.7.